The van der Waals surface area contributed by atoms with Crippen molar-refractivity contribution in [2.75, 3.05) is 6.61 Å². The number of rotatable bonds is 3. The van der Waals surface area contributed by atoms with Crippen LogP contribution in [0, 0.1) is 12.3 Å². The Balaban J connectivity index is 2.59. The van der Waals surface area contributed by atoms with Gasteiger partial charge < -0.3 is 9.84 Å². The minimum absolute atomic E-state index is 0.0509. The van der Waals surface area contributed by atoms with E-state index in [1.54, 1.807) is 0 Å². The van der Waals surface area contributed by atoms with Crippen LogP contribution >= 0.6 is 0 Å². The van der Waals surface area contributed by atoms with Crippen LogP contribution in [0.2, 0.25) is 0 Å². The molecule has 0 amide bonds. The van der Waals surface area contributed by atoms with Crippen LogP contribution in [0.3, 0.4) is 0 Å². The highest BCUT2D eigenvalue weighted by Crippen LogP contribution is 2.29. The predicted octanol–water partition coefficient (Wildman–Crippen LogP) is 2.34. The van der Waals surface area contributed by atoms with Crippen molar-refractivity contribution >= 4 is 10.8 Å². The Kier molecular flexibility index (Phi) is 3.09. The fourth-order valence-corrected chi connectivity index (χ4v) is 1.70. The largest absolute Gasteiger partial charge is 0.480 e. The van der Waals surface area contributed by atoms with Crippen LogP contribution in [-0.4, -0.2) is 11.7 Å². The lowest BCUT2D eigenvalue weighted by Crippen LogP contribution is -1.98. The smallest absolute Gasteiger partial charge is 0.148 e. The van der Waals surface area contributed by atoms with Gasteiger partial charge in [0.05, 0.1) is 6.61 Å². The van der Waals surface area contributed by atoms with Crippen molar-refractivity contribution in [1.29, 1.82) is 0 Å². The molecule has 16 heavy (non-hydrogen) atoms. The Morgan fingerprint density at radius 2 is 2.00 bits per heavy atom. The number of benzene rings is 2. The molecule has 0 atom stereocenters. The van der Waals surface area contributed by atoms with Crippen LogP contribution in [0.4, 0.5) is 0 Å². The van der Waals surface area contributed by atoms with Gasteiger partial charge in [-0.2, -0.15) is 0 Å². The van der Waals surface area contributed by atoms with Gasteiger partial charge in [-0.25, -0.2) is 0 Å². The fraction of sp³-hybridized carbons (Fsp3) is 0.143. The molecule has 0 saturated heterocycles. The van der Waals surface area contributed by atoms with E-state index < -0.39 is 0 Å². The Morgan fingerprint density at radius 1 is 1.19 bits per heavy atom. The summed E-state index contributed by atoms with van der Waals surface area (Å²) in [5, 5.41) is 11.3. The molecule has 0 heterocycles. The summed E-state index contributed by atoms with van der Waals surface area (Å²) >= 11 is 0. The van der Waals surface area contributed by atoms with Gasteiger partial charge in [-0.15, -0.1) is 6.42 Å². The number of aliphatic hydroxyl groups excluding tert-OH is 1. The van der Waals surface area contributed by atoms with E-state index in [0.717, 1.165) is 16.3 Å². The van der Waals surface area contributed by atoms with Gasteiger partial charge in [0.2, 0.25) is 0 Å². The average Bonchev–Trinajstić information content (AvgIpc) is 2.35. The summed E-state index contributed by atoms with van der Waals surface area (Å²) in [6.45, 7) is 0.158. The first-order valence-electron chi connectivity index (χ1n) is 5.04. The quantitative estimate of drug-likeness (QED) is 0.791. The molecule has 2 heteroatoms. The molecule has 2 aromatic rings. The number of aliphatic hydroxyl groups is 1. The van der Waals surface area contributed by atoms with Crippen molar-refractivity contribution in [2.45, 2.75) is 6.61 Å². The zero-order valence-electron chi connectivity index (χ0n) is 8.81. The number of hydrogen-bond donors (Lipinski definition) is 1. The second-order valence-corrected chi connectivity index (χ2v) is 3.43. The molecule has 0 spiro atoms. The summed E-state index contributed by atoms with van der Waals surface area (Å²) in [5.41, 5.74) is 0.758. The van der Waals surface area contributed by atoms with E-state index in [4.69, 9.17) is 11.2 Å². The summed E-state index contributed by atoms with van der Waals surface area (Å²) < 4.78 is 5.49. The summed E-state index contributed by atoms with van der Waals surface area (Å²) in [5.74, 6) is 3.11. The zero-order chi connectivity index (χ0) is 11.4. The predicted molar refractivity (Wildman–Crippen MR) is 64.2 cm³/mol. The third kappa shape index (κ3) is 1.86. The Labute approximate surface area is 94.5 Å². The standard InChI is InChI=1S/C14H12O2/c1-2-9-16-14-12(10-15)8-7-11-5-3-4-6-13(11)14/h1,3-8,15H,9-10H2. The first-order chi connectivity index (χ1) is 7.86. The summed E-state index contributed by atoms with van der Waals surface area (Å²) in [4.78, 5) is 0. The van der Waals surface area contributed by atoms with Gasteiger partial charge in [0.1, 0.15) is 12.4 Å². The second kappa shape index (κ2) is 4.69. The summed E-state index contributed by atoms with van der Waals surface area (Å²) in [6.07, 6.45) is 5.17. The topological polar surface area (TPSA) is 29.5 Å². The highest BCUT2D eigenvalue weighted by atomic mass is 16.5. The van der Waals surface area contributed by atoms with Crippen molar-refractivity contribution in [2.24, 2.45) is 0 Å². The van der Waals surface area contributed by atoms with Crippen LogP contribution < -0.4 is 4.74 Å². The molecular weight excluding hydrogens is 200 g/mol. The number of terminal acetylenes is 1. The van der Waals surface area contributed by atoms with Gasteiger partial charge in [-0.05, 0) is 5.39 Å². The van der Waals surface area contributed by atoms with Gasteiger partial charge in [0.15, 0.2) is 0 Å². The highest BCUT2D eigenvalue weighted by Gasteiger charge is 2.07. The SMILES string of the molecule is C#CCOc1c(CO)ccc2ccccc12. The highest BCUT2D eigenvalue weighted by molar-refractivity contribution is 5.89. The average molecular weight is 212 g/mol. The van der Waals surface area contributed by atoms with Crippen LogP contribution in [-0.2, 0) is 6.61 Å². The van der Waals surface area contributed by atoms with E-state index in [0.29, 0.717) is 5.75 Å². The minimum atomic E-state index is -0.0509. The summed E-state index contributed by atoms with van der Waals surface area (Å²) in [6, 6.07) is 11.7. The fourth-order valence-electron chi connectivity index (χ4n) is 1.70. The molecule has 0 aromatic heterocycles. The molecule has 80 valence electrons. The maximum absolute atomic E-state index is 9.25. The van der Waals surface area contributed by atoms with Crippen LogP contribution in [0.1, 0.15) is 5.56 Å². The molecule has 0 saturated carbocycles. The Hall–Kier alpha value is -1.98. The lowest BCUT2D eigenvalue weighted by atomic mass is 10.1. The van der Waals surface area contributed by atoms with E-state index in [1.165, 1.54) is 0 Å². The molecule has 0 aliphatic heterocycles. The van der Waals surface area contributed by atoms with Crippen LogP contribution in [0.5, 0.6) is 5.75 Å². The van der Waals surface area contributed by atoms with Crippen LogP contribution in [0.25, 0.3) is 10.8 Å². The molecule has 2 nitrogen and oxygen atoms in total. The molecule has 0 aliphatic rings. The molecule has 0 fully saturated rings. The third-order valence-corrected chi connectivity index (χ3v) is 2.43. The van der Waals surface area contributed by atoms with Crippen molar-refractivity contribution in [3.8, 4) is 18.1 Å². The molecular formula is C14H12O2. The molecule has 1 N–H and O–H groups in total. The third-order valence-electron chi connectivity index (χ3n) is 2.43. The number of hydrogen-bond acceptors (Lipinski definition) is 2. The second-order valence-electron chi connectivity index (χ2n) is 3.43. The Morgan fingerprint density at radius 3 is 2.75 bits per heavy atom. The van der Waals surface area contributed by atoms with Gasteiger partial charge in [0, 0.05) is 10.9 Å². The first-order valence-corrected chi connectivity index (χ1v) is 5.04. The van der Waals surface area contributed by atoms with E-state index in [1.807, 2.05) is 36.4 Å². The molecule has 0 aliphatic carbocycles. The van der Waals surface area contributed by atoms with E-state index in [-0.39, 0.29) is 13.2 Å². The van der Waals surface area contributed by atoms with Crippen molar-refractivity contribution in [1.82, 2.24) is 0 Å². The van der Waals surface area contributed by atoms with E-state index >= 15 is 0 Å². The van der Waals surface area contributed by atoms with Gasteiger partial charge in [-0.3, -0.25) is 0 Å². The maximum atomic E-state index is 9.25. The van der Waals surface area contributed by atoms with Gasteiger partial charge in [-0.1, -0.05) is 42.3 Å². The Bertz CT molecular complexity index is 538. The van der Waals surface area contributed by atoms with E-state index in [2.05, 4.69) is 5.92 Å². The molecule has 0 bridgehead atoms. The van der Waals surface area contributed by atoms with Crippen LogP contribution in [0.15, 0.2) is 36.4 Å². The number of ether oxygens (including phenoxy) is 1. The normalized spacial score (nSPS) is 10.0. The zero-order valence-corrected chi connectivity index (χ0v) is 8.81. The summed E-state index contributed by atoms with van der Waals surface area (Å²) in [7, 11) is 0. The van der Waals surface area contributed by atoms with Crippen molar-refractivity contribution in [3.63, 3.8) is 0 Å². The molecule has 0 radical (unpaired) electrons. The van der Waals surface area contributed by atoms with Crippen molar-refractivity contribution in [3.05, 3.63) is 42.0 Å². The van der Waals surface area contributed by atoms with Gasteiger partial charge >= 0.3 is 0 Å². The van der Waals surface area contributed by atoms with E-state index in [9.17, 15) is 5.11 Å². The lowest BCUT2D eigenvalue weighted by Gasteiger charge is -2.11. The lowest BCUT2D eigenvalue weighted by molar-refractivity contribution is 0.271. The maximum Gasteiger partial charge on any atom is 0.148 e. The number of fused-ring (bicyclic) bond motifs is 1. The molecule has 2 aromatic carbocycles. The first kappa shape index (κ1) is 10.5. The van der Waals surface area contributed by atoms with Gasteiger partial charge in [0.25, 0.3) is 0 Å². The van der Waals surface area contributed by atoms with Crippen molar-refractivity contribution < 1.29 is 9.84 Å². The monoisotopic (exact) mass is 212 g/mol. The molecule has 0 unspecified atom stereocenters. The molecule has 2 rings (SSSR count). The minimum Gasteiger partial charge on any atom is -0.480 e.